The molecule has 19 heteroatoms. The average molecular weight is 1010 g/mol. The Morgan fingerprint density at radius 1 is 0.959 bits per heavy atom. The number of piperidine rings is 2. The molecule has 0 aliphatic carbocycles. The number of carbonyl (C=O) groups excluding carboxylic acids is 4. The summed E-state index contributed by atoms with van der Waals surface area (Å²) < 4.78 is 44.9. The SMILES string of the molecule is C#Cc1c(F)ccc2cccc(-c3ncc4c(N5CC6CCC(C5)N6)nc(OCC56CC[C@@H](COC(=O)N7CCC(CNc8ccc9c(c8)C(=O)N(C8CCC(O)NC8=O)C9=O)CC7)N5CC(=C)C6)nc4c3F)c12. The molecule has 5 aromatic rings. The van der Waals surface area contributed by atoms with Gasteiger partial charge in [0.25, 0.3) is 11.8 Å². The second-order valence-corrected chi connectivity index (χ2v) is 21.0. The first-order valence-corrected chi connectivity index (χ1v) is 25.6. The summed E-state index contributed by atoms with van der Waals surface area (Å²) in [6, 6.07) is 12.7. The highest BCUT2D eigenvalue weighted by Gasteiger charge is 2.52. The summed E-state index contributed by atoms with van der Waals surface area (Å²) in [5.41, 5.74) is 2.13. The van der Waals surface area contributed by atoms with Crippen LogP contribution < -0.4 is 25.6 Å². The molecule has 12 rings (SSSR count). The van der Waals surface area contributed by atoms with Gasteiger partial charge in [0.2, 0.25) is 5.91 Å². The zero-order valence-electron chi connectivity index (χ0n) is 40.7. The van der Waals surface area contributed by atoms with E-state index in [1.54, 1.807) is 53.6 Å². The number of hydrogen-bond donors (Lipinski definition) is 4. The monoisotopic (exact) mass is 1010 g/mol. The zero-order valence-corrected chi connectivity index (χ0v) is 40.7. The molecule has 9 heterocycles. The highest BCUT2D eigenvalue weighted by Crippen LogP contribution is 2.45. The molecule has 2 bridgehead atoms. The van der Waals surface area contributed by atoms with Gasteiger partial charge in [-0.15, -0.1) is 6.42 Å². The largest absolute Gasteiger partial charge is 0.461 e. The number of benzene rings is 3. The Labute approximate surface area is 425 Å². The van der Waals surface area contributed by atoms with Crippen molar-refractivity contribution >= 4 is 57.0 Å². The first-order valence-electron chi connectivity index (χ1n) is 25.6. The van der Waals surface area contributed by atoms with Crippen molar-refractivity contribution in [1.29, 1.82) is 0 Å². The molecule has 4 N–H and O–H groups in total. The van der Waals surface area contributed by atoms with Crippen LogP contribution in [-0.2, 0) is 9.53 Å². The summed E-state index contributed by atoms with van der Waals surface area (Å²) in [6.45, 7) is 8.35. The van der Waals surface area contributed by atoms with Crippen LogP contribution in [0.15, 0.2) is 66.9 Å². The number of hydrogen-bond acceptors (Lipinski definition) is 14. The second kappa shape index (κ2) is 18.9. The van der Waals surface area contributed by atoms with E-state index >= 15 is 8.78 Å². The van der Waals surface area contributed by atoms with E-state index in [2.05, 4.69) is 43.2 Å². The van der Waals surface area contributed by atoms with Crippen LogP contribution in [0.4, 0.5) is 25.1 Å². The van der Waals surface area contributed by atoms with Crippen LogP contribution in [0.2, 0.25) is 0 Å². The van der Waals surface area contributed by atoms with Gasteiger partial charge in [-0.05, 0) is 93.4 Å². The lowest BCUT2D eigenvalue weighted by Crippen LogP contribution is -2.55. The third kappa shape index (κ3) is 8.42. The molecule has 4 amide bonds. The Balaban J connectivity index is 0.694. The van der Waals surface area contributed by atoms with Gasteiger partial charge in [0.1, 0.15) is 48.3 Å². The van der Waals surface area contributed by atoms with Crippen molar-refractivity contribution in [2.24, 2.45) is 5.92 Å². The average Bonchev–Trinajstić information content (AvgIpc) is 4.12. The minimum absolute atomic E-state index is 0.0101. The van der Waals surface area contributed by atoms with Gasteiger partial charge in [-0.3, -0.25) is 29.2 Å². The normalized spacial score (nSPS) is 25.9. The number of fused-ring (bicyclic) bond motifs is 6. The minimum Gasteiger partial charge on any atom is -0.461 e. The number of pyridine rings is 1. The highest BCUT2D eigenvalue weighted by atomic mass is 19.1. The summed E-state index contributed by atoms with van der Waals surface area (Å²) in [5, 5.41) is 20.7. The predicted octanol–water partition coefficient (Wildman–Crippen LogP) is 5.74. The van der Waals surface area contributed by atoms with Crippen molar-refractivity contribution in [3.05, 3.63) is 95.2 Å². The molecule has 2 aromatic heterocycles. The molecule has 6 atom stereocenters. The first-order chi connectivity index (χ1) is 35.8. The minimum atomic E-state index is -0.997. The van der Waals surface area contributed by atoms with Crippen molar-refractivity contribution < 1.29 is 42.5 Å². The van der Waals surface area contributed by atoms with Gasteiger partial charge >= 0.3 is 12.1 Å². The quantitative estimate of drug-likeness (QED) is 0.0711. The van der Waals surface area contributed by atoms with E-state index in [0.29, 0.717) is 78.9 Å². The number of carbonyl (C=O) groups is 4. The Hall–Kier alpha value is -7.27. The Bertz CT molecular complexity index is 3200. The summed E-state index contributed by atoms with van der Waals surface area (Å²) in [4.78, 5) is 74.1. The predicted molar refractivity (Wildman–Crippen MR) is 270 cm³/mol. The van der Waals surface area contributed by atoms with Crippen molar-refractivity contribution in [3.8, 4) is 29.6 Å². The molecule has 17 nitrogen and oxygen atoms in total. The molecular weight excluding hydrogens is 951 g/mol. The number of rotatable bonds is 11. The van der Waals surface area contributed by atoms with E-state index in [0.717, 1.165) is 49.0 Å². The number of piperazine rings is 1. The smallest absolute Gasteiger partial charge is 0.409 e. The number of aromatic nitrogens is 3. The van der Waals surface area contributed by atoms with Crippen LogP contribution in [0.25, 0.3) is 32.9 Å². The van der Waals surface area contributed by atoms with Crippen LogP contribution in [-0.4, -0.2) is 147 Å². The fourth-order valence-electron chi connectivity index (χ4n) is 12.6. The van der Waals surface area contributed by atoms with Crippen LogP contribution in [0.5, 0.6) is 6.01 Å². The lowest BCUT2D eigenvalue weighted by Gasteiger charge is -2.35. The van der Waals surface area contributed by atoms with Crippen molar-refractivity contribution in [1.82, 2.24) is 40.3 Å². The van der Waals surface area contributed by atoms with Crippen LogP contribution in [0.1, 0.15) is 84.1 Å². The topological polar surface area (TPSA) is 195 Å². The number of aliphatic hydroxyl groups is 1. The molecule has 3 aromatic carbocycles. The molecular formula is C55H56F2N10O7. The summed E-state index contributed by atoms with van der Waals surface area (Å²) in [7, 11) is 0. The molecule has 0 spiro atoms. The summed E-state index contributed by atoms with van der Waals surface area (Å²) in [6.07, 6.45) is 12.2. The standard InChI is InChI=1S/C55H56F2N10O7/c1-3-37-42(56)12-7-32-5-4-6-39(45(32)37)47-46(57)48-41(24-59-47)49(65-26-34-8-9-35(27-65)60-34)63-53(62-48)74-29-55-18-15-36(66(55)25-30(2)22-55)28-73-54(72)64-19-16-31(17-20-64)23-58-33-10-11-38-40(21-33)52(71)67(51(38)70)43-13-14-44(68)61-50(43)69/h1,4-7,10-12,21,24,31,34-36,43-44,58,60,68H,2,8-9,13-20,22-23,25-29H2,(H,61,69)/t34?,35?,36-,43?,44?,55?/m0/s1. The van der Waals surface area contributed by atoms with E-state index in [-0.39, 0.29) is 90.1 Å². The number of nitrogens with zero attached hydrogens (tertiary/aromatic N) is 7. The third-order valence-electron chi connectivity index (χ3n) is 16.4. The molecule has 7 aliphatic heterocycles. The van der Waals surface area contributed by atoms with E-state index in [1.165, 1.54) is 6.07 Å². The number of ether oxygens (including phenoxy) is 2. The van der Waals surface area contributed by atoms with Gasteiger partial charge in [-0.1, -0.05) is 42.3 Å². The van der Waals surface area contributed by atoms with Crippen molar-refractivity contribution in [2.45, 2.75) is 93.7 Å². The molecule has 0 saturated carbocycles. The number of amides is 4. The Morgan fingerprint density at radius 3 is 2.54 bits per heavy atom. The number of halogens is 2. The zero-order chi connectivity index (χ0) is 51.0. The van der Waals surface area contributed by atoms with Crippen LogP contribution in [0.3, 0.4) is 0 Å². The fourth-order valence-corrected chi connectivity index (χ4v) is 12.6. The lowest BCUT2D eigenvalue weighted by molar-refractivity contribution is -0.131. The summed E-state index contributed by atoms with van der Waals surface area (Å²) >= 11 is 0. The van der Waals surface area contributed by atoms with E-state index in [1.807, 2.05) is 0 Å². The molecule has 74 heavy (non-hydrogen) atoms. The number of likely N-dealkylation sites (tertiary alicyclic amines) is 1. The maximum Gasteiger partial charge on any atom is 0.409 e. The van der Waals surface area contributed by atoms with Crippen LogP contribution in [0, 0.1) is 29.9 Å². The van der Waals surface area contributed by atoms with E-state index in [4.69, 9.17) is 25.9 Å². The first kappa shape index (κ1) is 47.7. The van der Waals surface area contributed by atoms with Crippen molar-refractivity contribution in [2.75, 3.05) is 62.7 Å². The maximum atomic E-state index is 17.2. The second-order valence-electron chi connectivity index (χ2n) is 21.0. The lowest BCUT2D eigenvalue weighted by atomic mass is 9.94. The molecule has 6 saturated heterocycles. The highest BCUT2D eigenvalue weighted by molar-refractivity contribution is 6.23. The van der Waals surface area contributed by atoms with Crippen molar-refractivity contribution in [3.63, 3.8) is 0 Å². The molecule has 7 aliphatic rings. The Kier molecular flexibility index (Phi) is 12.2. The number of imide groups is 1. The molecule has 6 fully saturated rings. The number of aliphatic hydroxyl groups excluding tert-OH is 1. The van der Waals surface area contributed by atoms with Gasteiger partial charge in [0.05, 0.1) is 27.6 Å². The van der Waals surface area contributed by atoms with Gasteiger partial charge in [0.15, 0.2) is 5.82 Å². The van der Waals surface area contributed by atoms with E-state index in [9.17, 15) is 24.3 Å². The molecule has 5 unspecified atom stereocenters. The van der Waals surface area contributed by atoms with Gasteiger partial charge < -0.3 is 40.3 Å². The van der Waals surface area contributed by atoms with Gasteiger partial charge in [-0.25, -0.2) is 13.6 Å². The molecule has 0 radical (unpaired) electrons. The maximum absolute atomic E-state index is 17.2. The van der Waals surface area contributed by atoms with E-state index < -0.39 is 47.2 Å². The van der Waals surface area contributed by atoms with Crippen LogP contribution >= 0.6 is 0 Å². The van der Waals surface area contributed by atoms with Gasteiger partial charge in [0, 0.05) is 80.2 Å². The number of nitrogens with one attached hydrogen (secondary N) is 3. The van der Waals surface area contributed by atoms with Gasteiger partial charge in [-0.2, -0.15) is 9.97 Å². The summed E-state index contributed by atoms with van der Waals surface area (Å²) in [5.74, 6) is 0.355. The number of anilines is 2. The fraction of sp³-hybridized carbons (Fsp3) is 0.436. The third-order valence-corrected chi connectivity index (χ3v) is 16.4. The Morgan fingerprint density at radius 2 is 1.76 bits per heavy atom. The number of terminal acetylenes is 1. The molecule has 382 valence electrons.